The van der Waals surface area contributed by atoms with Crippen LogP contribution in [0.25, 0.3) is 0 Å². The molecule has 1 aliphatic heterocycles. The predicted octanol–water partition coefficient (Wildman–Crippen LogP) is 12.5. The van der Waals surface area contributed by atoms with Gasteiger partial charge in [0.1, 0.15) is 36.6 Å². The lowest BCUT2D eigenvalue weighted by atomic mass is 9.98. The fraction of sp³-hybridized carbons (Fsp3) is 0.915. The number of ether oxygens (including phenoxy) is 2. The summed E-state index contributed by atoms with van der Waals surface area (Å²) in [5.74, 6) is -0.761. The van der Waals surface area contributed by atoms with Crippen molar-refractivity contribution in [3.05, 3.63) is 24.3 Å². The minimum Gasteiger partial charge on any atom is -0.394 e. The van der Waals surface area contributed by atoms with E-state index >= 15 is 0 Å². The zero-order chi connectivity index (χ0) is 51.1. The number of aliphatic hydroxyl groups excluding tert-OH is 7. The van der Waals surface area contributed by atoms with Gasteiger partial charge in [-0.1, -0.05) is 269 Å². The van der Waals surface area contributed by atoms with E-state index in [2.05, 4.69) is 31.3 Å². The molecule has 0 radical (unpaired) electrons. The van der Waals surface area contributed by atoms with Gasteiger partial charge in [0.25, 0.3) is 0 Å². The van der Waals surface area contributed by atoms with Gasteiger partial charge >= 0.3 is 0 Å². The molecule has 0 aliphatic carbocycles. The molecule has 414 valence electrons. The van der Waals surface area contributed by atoms with E-state index in [1.807, 2.05) is 6.08 Å². The van der Waals surface area contributed by atoms with Crippen molar-refractivity contribution in [2.24, 2.45) is 0 Å². The Labute approximate surface area is 429 Å². The van der Waals surface area contributed by atoms with E-state index in [1.165, 1.54) is 212 Å². The molecule has 0 aromatic rings. The van der Waals surface area contributed by atoms with Crippen molar-refractivity contribution in [3.63, 3.8) is 0 Å². The monoisotopic (exact) mass is 996 g/mol. The van der Waals surface area contributed by atoms with E-state index < -0.39 is 74.2 Å². The molecule has 0 spiro atoms. The summed E-state index contributed by atoms with van der Waals surface area (Å²) in [7, 11) is 0. The summed E-state index contributed by atoms with van der Waals surface area (Å²) in [6.07, 6.45) is 47.2. The normalized spacial score (nSPS) is 20.4. The molecule has 1 aliphatic rings. The zero-order valence-corrected chi connectivity index (χ0v) is 45.3. The van der Waals surface area contributed by atoms with Gasteiger partial charge in [-0.25, -0.2) is 0 Å². The van der Waals surface area contributed by atoms with Crippen LogP contribution >= 0.6 is 0 Å². The molecule has 1 saturated heterocycles. The number of carbonyl (C=O) groups excluding carboxylic acids is 1. The molecule has 11 heteroatoms. The van der Waals surface area contributed by atoms with Crippen LogP contribution in [0.2, 0.25) is 0 Å². The van der Waals surface area contributed by atoms with Gasteiger partial charge in [-0.05, 0) is 25.7 Å². The molecule has 1 rings (SSSR count). The molecule has 0 aromatic heterocycles. The summed E-state index contributed by atoms with van der Waals surface area (Å²) in [6.45, 7) is 3.42. The minimum atomic E-state index is -1.67. The fourth-order valence-electron chi connectivity index (χ4n) is 9.66. The van der Waals surface area contributed by atoms with Crippen molar-refractivity contribution < 1.29 is 50.0 Å². The molecule has 70 heavy (non-hydrogen) atoms. The molecule has 11 nitrogen and oxygen atoms in total. The highest BCUT2D eigenvalue weighted by Gasteiger charge is 2.44. The fourth-order valence-corrected chi connectivity index (χ4v) is 9.66. The second-order valence-electron chi connectivity index (χ2n) is 21.1. The van der Waals surface area contributed by atoms with E-state index in [1.54, 1.807) is 6.08 Å². The Balaban J connectivity index is 2.21. The van der Waals surface area contributed by atoms with E-state index in [9.17, 15) is 40.5 Å². The van der Waals surface area contributed by atoms with E-state index in [0.717, 1.165) is 25.7 Å². The lowest BCUT2D eigenvalue weighted by Gasteiger charge is -2.40. The predicted molar refractivity (Wildman–Crippen MR) is 289 cm³/mol. The summed E-state index contributed by atoms with van der Waals surface area (Å²) < 4.78 is 11.1. The van der Waals surface area contributed by atoms with Gasteiger partial charge in [0.2, 0.25) is 5.91 Å². The third-order valence-corrected chi connectivity index (χ3v) is 14.5. The maximum Gasteiger partial charge on any atom is 0.249 e. The van der Waals surface area contributed by atoms with Crippen molar-refractivity contribution >= 4 is 5.91 Å². The highest BCUT2D eigenvalue weighted by Crippen LogP contribution is 2.23. The third kappa shape index (κ3) is 36.5. The van der Waals surface area contributed by atoms with Gasteiger partial charge in [0.05, 0.1) is 25.4 Å². The Bertz CT molecular complexity index is 1190. The molecule has 9 atom stereocenters. The van der Waals surface area contributed by atoms with Crippen molar-refractivity contribution in [1.82, 2.24) is 5.32 Å². The summed E-state index contributed by atoms with van der Waals surface area (Å²) in [4.78, 5) is 13.1. The number of unbranched alkanes of at least 4 members (excludes halogenated alkanes) is 36. The second-order valence-corrected chi connectivity index (χ2v) is 21.1. The highest BCUT2D eigenvalue weighted by atomic mass is 16.7. The smallest absolute Gasteiger partial charge is 0.249 e. The molecule has 9 unspecified atom stereocenters. The van der Waals surface area contributed by atoms with Crippen LogP contribution in [0, 0.1) is 0 Å². The van der Waals surface area contributed by atoms with Crippen LogP contribution in [0.3, 0.4) is 0 Å². The van der Waals surface area contributed by atoms with Crippen molar-refractivity contribution in [2.75, 3.05) is 13.2 Å². The molecule has 1 fully saturated rings. The Morgan fingerprint density at radius 3 is 1.31 bits per heavy atom. The SMILES string of the molecule is CCCCCCCC/C=C\C/C=C\CC(O)C(=O)NC(COC1OC(CO)C(O)C(O)C1O)C(O)C(O)CCCCCCCCCCCCCCCCCCCCCCCCCCCCCCCCC. The number of amides is 1. The summed E-state index contributed by atoms with van der Waals surface area (Å²) in [5, 5.41) is 75.9. The average molecular weight is 997 g/mol. The topological polar surface area (TPSA) is 189 Å². The zero-order valence-electron chi connectivity index (χ0n) is 45.3. The van der Waals surface area contributed by atoms with Crippen LogP contribution in [-0.4, -0.2) is 110 Å². The summed E-state index contributed by atoms with van der Waals surface area (Å²) >= 11 is 0. The van der Waals surface area contributed by atoms with Crippen molar-refractivity contribution in [2.45, 2.75) is 332 Å². The molecular weight excluding hydrogens is 883 g/mol. The quantitative estimate of drug-likeness (QED) is 0.0215. The van der Waals surface area contributed by atoms with E-state index in [0.29, 0.717) is 19.3 Å². The van der Waals surface area contributed by atoms with Crippen LogP contribution < -0.4 is 5.32 Å². The van der Waals surface area contributed by atoms with Crippen LogP contribution in [0.1, 0.15) is 277 Å². The first kappa shape index (κ1) is 66.6. The Morgan fingerprint density at radius 2 is 0.900 bits per heavy atom. The lowest BCUT2D eigenvalue weighted by molar-refractivity contribution is -0.303. The summed E-state index contributed by atoms with van der Waals surface area (Å²) in [5.41, 5.74) is 0. The van der Waals surface area contributed by atoms with Crippen LogP contribution in [0.4, 0.5) is 0 Å². The van der Waals surface area contributed by atoms with Crippen LogP contribution in [0.15, 0.2) is 24.3 Å². The Kier molecular flexibility index (Phi) is 46.2. The molecule has 0 saturated carbocycles. The molecule has 1 heterocycles. The first-order chi connectivity index (χ1) is 34.2. The number of nitrogens with one attached hydrogen (secondary N) is 1. The Morgan fingerprint density at radius 1 is 0.514 bits per heavy atom. The summed E-state index contributed by atoms with van der Waals surface area (Å²) in [6, 6.07) is -1.20. The maximum absolute atomic E-state index is 13.1. The van der Waals surface area contributed by atoms with Crippen LogP contribution in [0.5, 0.6) is 0 Å². The molecule has 0 bridgehead atoms. The van der Waals surface area contributed by atoms with Gasteiger partial charge in [-0.2, -0.15) is 0 Å². The third-order valence-electron chi connectivity index (χ3n) is 14.5. The number of hydrogen-bond acceptors (Lipinski definition) is 10. The molecule has 8 N–H and O–H groups in total. The van der Waals surface area contributed by atoms with Gasteiger partial charge in [0.15, 0.2) is 6.29 Å². The van der Waals surface area contributed by atoms with Crippen LogP contribution in [-0.2, 0) is 14.3 Å². The highest BCUT2D eigenvalue weighted by molar-refractivity contribution is 5.81. The maximum atomic E-state index is 13.1. The van der Waals surface area contributed by atoms with Crippen molar-refractivity contribution in [1.29, 1.82) is 0 Å². The largest absolute Gasteiger partial charge is 0.394 e. The molecule has 1 amide bonds. The molecule has 0 aromatic carbocycles. The number of rotatable bonds is 51. The minimum absolute atomic E-state index is 0.0513. The number of hydrogen-bond donors (Lipinski definition) is 8. The van der Waals surface area contributed by atoms with Crippen molar-refractivity contribution in [3.8, 4) is 0 Å². The number of aliphatic hydroxyl groups is 7. The number of carbonyl (C=O) groups is 1. The first-order valence-corrected chi connectivity index (χ1v) is 29.7. The van der Waals surface area contributed by atoms with Gasteiger partial charge in [0, 0.05) is 6.42 Å². The van der Waals surface area contributed by atoms with E-state index in [4.69, 9.17) is 9.47 Å². The Hall–Kier alpha value is -1.41. The standard InChI is InChI=1S/C59H113NO10/c1-3-5-7-9-11-13-15-17-18-19-20-21-22-23-24-25-26-27-28-29-30-31-32-33-34-35-37-38-40-42-44-46-51(62)54(64)50(49-69-59-57(67)56(66)55(65)53(48-61)70-59)60-58(68)52(63)47-45-43-41-39-36-16-14-12-10-8-6-4-2/h36,39,43,45,50-57,59,61-67H,3-35,37-38,40-42,44,46-49H2,1-2H3,(H,60,68)/b39-36-,45-43-. The van der Waals surface area contributed by atoms with Gasteiger partial charge < -0.3 is 50.5 Å². The van der Waals surface area contributed by atoms with E-state index in [-0.39, 0.29) is 6.42 Å². The number of allylic oxidation sites excluding steroid dienone is 3. The van der Waals surface area contributed by atoms with Gasteiger partial charge in [-0.15, -0.1) is 0 Å². The lowest BCUT2D eigenvalue weighted by Crippen LogP contribution is -2.60. The average Bonchev–Trinajstić information content (AvgIpc) is 3.36. The molecular formula is C59H113NO10. The second kappa shape index (κ2) is 48.5. The first-order valence-electron chi connectivity index (χ1n) is 29.7. The van der Waals surface area contributed by atoms with Gasteiger partial charge in [-0.3, -0.25) is 4.79 Å².